The minimum Gasteiger partial charge on any atom is -0.497 e. The van der Waals surface area contributed by atoms with Crippen LogP contribution in [0.15, 0.2) is 18.2 Å². The monoisotopic (exact) mass is 344 g/mol. The van der Waals surface area contributed by atoms with E-state index in [2.05, 4.69) is 0 Å². The van der Waals surface area contributed by atoms with Gasteiger partial charge in [0.1, 0.15) is 28.4 Å². The molecule has 0 unspecified atom stereocenters. The summed E-state index contributed by atoms with van der Waals surface area (Å²) >= 11 is 0. The molecule has 0 saturated heterocycles. The van der Waals surface area contributed by atoms with Crippen LogP contribution >= 0.6 is 0 Å². The lowest BCUT2D eigenvalue weighted by atomic mass is 10.1. The second-order valence-electron chi connectivity index (χ2n) is 5.52. The van der Waals surface area contributed by atoms with Gasteiger partial charge in [0.15, 0.2) is 11.5 Å². The van der Waals surface area contributed by atoms with Gasteiger partial charge in [0.25, 0.3) is 0 Å². The van der Waals surface area contributed by atoms with E-state index in [9.17, 15) is 14.7 Å². The van der Waals surface area contributed by atoms with E-state index in [0.717, 1.165) is 0 Å². The molecule has 7 heteroatoms. The molecule has 0 bridgehead atoms. The Morgan fingerprint density at radius 3 is 2.36 bits per heavy atom. The first-order chi connectivity index (χ1) is 11.9. The molecule has 25 heavy (non-hydrogen) atoms. The Labute approximate surface area is 143 Å². The normalized spacial score (nSPS) is 12.2. The summed E-state index contributed by atoms with van der Waals surface area (Å²) in [5.41, 5.74) is 1.10. The summed E-state index contributed by atoms with van der Waals surface area (Å²) in [6, 6.07) is 4.53. The van der Waals surface area contributed by atoms with Crippen LogP contribution in [-0.4, -0.2) is 31.3 Å². The van der Waals surface area contributed by atoms with Gasteiger partial charge in [-0.1, -0.05) is 0 Å². The molecule has 1 heterocycles. The van der Waals surface area contributed by atoms with Gasteiger partial charge >= 0.3 is 11.9 Å². The molecule has 1 aliphatic heterocycles. The summed E-state index contributed by atoms with van der Waals surface area (Å²) in [6.07, 6.45) is 0. The molecule has 1 N–H and O–H groups in total. The predicted molar refractivity (Wildman–Crippen MR) is 87.5 cm³/mol. The van der Waals surface area contributed by atoms with Gasteiger partial charge in [0.2, 0.25) is 0 Å². The molecule has 1 aliphatic rings. The molecule has 0 spiro atoms. The molecule has 3 rings (SSSR count). The van der Waals surface area contributed by atoms with E-state index in [1.807, 2.05) is 0 Å². The van der Waals surface area contributed by atoms with E-state index in [0.29, 0.717) is 16.9 Å². The number of benzene rings is 2. The second-order valence-corrected chi connectivity index (χ2v) is 5.52. The van der Waals surface area contributed by atoms with Gasteiger partial charge in [0, 0.05) is 11.6 Å². The number of carbonyl (C=O) groups is 2. The highest BCUT2D eigenvalue weighted by Crippen LogP contribution is 2.46. The van der Waals surface area contributed by atoms with E-state index in [1.54, 1.807) is 19.9 Å². The smallest absolute Gasteiger partial charge is 0.347 e. The molecule has 130 valence electrons. The maximum absolute atomic E-state index is 12.6. The number of carbonyl (C=O) groups excluding carboxylic acids is 1. The maximum atomic E-state index is 12.6. The van der Waals surface area contributed by atoms with E-state index < -0.39 is 11.9 Å². The summed E-state index contributed by atoms with van der Waals surface area (Å²) < 4.78 is 21.6. The number of rotatable bonds is 3. The third-order valence-corrected chi connectivity index (χ3v) is 4.01. The Hall–Kier alpha value is -3.22. The molecular formula is C18H16O7. The van der Waals surface area contributed by atoms with Crippen LogP contribution in [0.5, 0.6) is 28.7 Å². The average Bonchev–Trinajstić information content (AvgIpc) is 2.71. The second kappa shape index (κ2) is 6.01. The molecule has 7 nitrogen and oxygen atoms in total. The molecule has 0 saturated carbocycles. The van der Waals surface area contributed by atoms with Gasteiger partial charge in [-0.2, -0.15) is 0 Å². The Bertz CT molecular complexity index is 899. The van der Waals surface area contributed by atoms with E-state index in [1.165, 1.54) is 26.4 Å². The van der Waals surface area contributed by atoms with Crippen molar-refractivity contribution in [1.82, 2.24) is 0 Å². The van der Waals surface area contributed by atoms with Gasteiger partial charge in [-0.15, -0.1) is 0 Å². The van der Waals surface area contributed by atoms with E-state index in [-0.39, 0.29) is 34.1 Å². The standard InChI is InChI=1S/C18H16O7/c1-8-5-10(22-3)6-13-14(8)18(21)25-15-9(2)12(23-4)7-11(17(19)20)16(15)24-13/h5-7H,1-4H3,(H,19,20). The highest BCUT2D eigenvalue weighted by atomic mass is 16.6. The number of carboxylic acids is 1. The molecule has 2 aromatic carbocycles. The highest BCUT2D eigenvalue weighted by molar-refractivity contribution is 6.00. The van der Waals surface area contributed by atoms with E-state index >= 15 is 0 Å². The van der Waals surface area contributed by atoms with Crippen molar-refractivity contribution in [1.29, 1.82) is 0 Å². The number of carboxylic acid groups (broad SMARTS) is 1. The Morgan fingerprint density at radius 2 is 1.76 bits per heavy atom. The molecule has 0 aliphatic carbocycles. The van der Waals surface area contributed by atoms with Crippen LogP contribution in [0.4, 0.5) is 0 Å². The predicted octanol–water partition coefficient (Wildman–Crippen LogP) is 3.34. The summed E-state index contributed by atoms with van der Waals surface area (Å²) in [5.74, 6) is -0.952. The Morgan fingerprint density at radius 1 is 1.04 bits per heavy atom. The SMILES string of the molecule is COc1cc(C)c2c(c1)Oc1c(C(=O)O)cc(OC)c(C)c1OC2=O. The van der Waals surface area contributed by atoms with Crippen molar-refractivity contribution in [2.24, 2.45) is 0 Å². The third-order valence-electron chi connectivity index (χ3n) is 4.01. The van der Waals surface area contributed by atoms with Crippen LogP contribution in [0.1, 0.15) is 31.8 Å². The van der Waals surface area contributed by atoms with Gasteiger partial charge in [-0.25, -0.2) is 9.59 Å². The van der Waals surface area contributed by atoms with Crippen molar-refractivity contribution in [3.05, 3.63) is 40.5 Å². The van der Waals surface area contributed by atoms with Crippen LogP contribution < -0.4 is 18.9 Å². The van der Waals surface area contributed by atoms with Crippen molar-refractivity contribution in [2.75, 3.05) is 14.2 Å². The number of aryl methyl sites for hydroxylation is 1. The van der Waals surface area contributed by atoms with Crippen molar-refractivity contribution in [3.8, 4) is 28.7 Å². The summed E-state index contributed by atoms with van der Waals surface area (Å²) in [6.45, 7) is 3.37. The van der Waals surface area contributed by atoms with Gasteiger partial charge < -0.3 is 24.1 Å². The minimum atomic E-state index is -1.23. The lowest BCUT2D eigenvalue weighted by Crippen LogP contribution is -2.10. The number of ether oxygens (including phenoxy) is 4. The molecule has 2 aromatic rings. The fraction of sp³-hybridized carbons (Fsp3) is 0.222. The molecule has 0 radical (unpaired) electrons. The van der Waals surface area contributed by atoms with Crippen molar-refractivity contribution < 1.29 is 33.6 Å². The van der Waals surface area contributed by atoms with Gasteiger partial charge in [0.05, 0.1) is 14.2 Å². The summed E-state index contributed by atoms with van der Waals surface area (Å²) in [5, 5.41) is 9.51. The quantitative estimate of drug-likeness (QED) is 0.674. The largest absolute Gasteiger partial charge is 0.497 e. The van der Waals surface area contributed by atoms with Crippen LogP contribution in [0.25, 0.3) is 0 Å². The lowest BCUT2D eigenvalue weighted by Gasteiger charge is -2.15. The van der Waals surface area contributed by atoms with Crippen molar-refractivity contribution in [3.63, 3.8) is 0 Å². The first-order valence-corrected chi connectivity index (χ1v) is 7.41. The third kappa shape index (κ3) is 2.63. The number of hydrogen-bond donors (Lipinski definition) is 1. The summed E-state index contributed by atoms with van der Waals surface area (Å²) in [4.78, 5) is 24.2. The van der Waals surface area contributed by atoms with Gasteiger partial charge in [-0.3, -0.25) is 0 Å². The Balaban J connectivity index is 2.31. The first kappa shape index (κ1) is 16.6. The number of hydrogen-bond acceptors (Lipinski definition) is 6. The lowest BCUT2D eigenvalue weighted by molar-refractivity contribution is 0.0685. The van der Waals surface area contributed by atoms with Crippen molar-refractivity contribution >= 4 is 11.9 Å². The average molecular weight is 344 g/mol. The zero-order chi connectivity index (χ0) is 18.3. The molecule has 0 aromatic heterocycles. The highest BCUT2D eigenvalue weighted by Gasteiger charge is 2.31. The van der Waals surface area contributed by atoms with E-state index in [4.69, 9.17) is 18.9 Å². The molecule has 0 amide bonds. The van der Waals surface area contributed by atoms with Crippen LogP contribution in [0.2, 0.25) is 0 Å². The summed E-state index contributed by atoms with van der Waals surface area (Å²) in [7, 11) is 2.89. The zero-order valence-electron chi connectivity index (χ0n) is 14.1. The number of fused-ring (bicyclic) bond motifs is 2. The molecule has 0 atom stereocenters. The zero-order valence-corrected chi connectivity index (χ0v) is 14.1. The topological polar surface area (TPSA) is 91.3 Å². The minimum absolute atomic E-state index is 0.0244. The number of aromatic carboxylic acids is 1. The van der Waals surface area contributed by atoms with Crippen LogP contribution in [0, 0.1) is 13.8 Å². The fourth-order valence-electron chi connectivity index (χ4n) is 2.74. The first-order valence-electron chi connectivity index (χ1n) is 7.41. The molecular weight excluding hydrogens is 328 g/mol. The molecule has 0 fully saturated rings. The van der Waals surface area contributed by atoms with Gasteiger partial charge in [-0.05, 0) is 31.5 Å². The van der Waals surface area contributed by atoms with Crippen molar-refractivity contribution in [2.45, 2.75) is 13.8 Å². The van der Waals surface area contributed by atoms with Crippen LogP contribution in [-0.2, 0) is 0 Å². The number of esters is 1. The fourth-order valence-corrected chi connectivity index (χ4v) is 2.74. The maximum Gasteiger partial charge on any atom is 0.347 e. The van der Waals surface area contributed by atoms with Crippen LogP contribution in [0.3, 0.4) is 0 Å². The Kier molecular flexibility index (Phi) is 4.00. The number of methoxy groups -OCH3 is 2.